The van der Waals surface area contributed by atoms with Gasteiger partial charge in [-0.25, -0.2) is 13.5 Å². The van der Waals surface area contributed by atoms with Crippen LogP contribution in [-0.2, 0) is 13.6 Å². The van der Waals surface area contributed by atoms with Crippen molar-refractivity contribution in [3.05, 3.63) is 58.1 Å². The van der Waals surface area contributed by atoms with Gasteiger partial charge in [-0.2, -0.15) is 9.49 Å². The predicted octanol–water partition coefficient (Wildman–Crippen LogP) is 5.91. The van der Waals surface area contributed by atoms with Crippen molar-refractivity contribution in [3.8, 4) is 0 Å². The average Bonchev–Trinajstić information content (AvgIpc) is 3.38. The third-order valence-corrected chi connectivity index (χ3v) is 5.14. The molecule has 1 heterocycles. The molecule has 7 heteroatoms. The summed E-state index contributed by atoms with van der Waals surface area (Å²) in [5.74, 6) is -0.519. The van der Waals surface area contributed by atoms with Crippen LogP contribution in [0.2, 0.25) is 5.02 Å². The van der Waals surface area contributed by atoms with E-state index in [0.717, 1.165) is 28.7 Å². The molecule has 3 nitrogen and oxygen atoms in total. The zero-order valence-corrected chi connectivity index (χ0v) is 16.4. The van der Waals surface area contributed by atoms with Crippen LogP contribution in [0.1, 0.15) is 61.4 Å². The molecule has 3 rings (SSSR count). The minimum atomic E-state index is -2.87. The van der Waals surface area contributed by atoms with Gasteiger partial charge < -0.3 is 4.90 Å². The average molecular weight is 398 g/mol. The standard InChI is InChI=1S/C20H23ClF3N3/c1-11(2)16-8-5-14(21)9-13(16)10-27(15-6-7-15)12(3)17-18(19(22)23)25-26(4)20(17)24/h5,8-9,11,15,19H,3,6-7,10H2,1-2,4H3. The lowest BCUT2D eigenvalue weighted by molar-refractivity contribution is 0.144. The van der Waals surface area contributed by atoms with Gasteiger partial charge in [-0.15, -0.1) is 0 Å². The molecule has 0 saturated heterocycles. The van der Waals surface area contributed by atoms with Crippen LogP contribution in [-0.4, -0.2) is 20.7 Å². The van der Waals surface area contributed by atoms with E-state index >= 15 is 0 Å². The lowest BCUT2D eigenvalue weighted by Gasteiger charge is -2.28. The minimum absolute atomic E-state index is 0.154. The second-order valence-corrected chi connectivity index (χ2v) is 7.72. The Bertz CT molecular complexity index is 856. The first-order valence-electron chi connectivity index (χ1n) is 8.95. The Morgan fingerprint density at radius 1 is 1.37 bits per heavy atom. The van der Waals surface area contributed by atoms with Crippen molar-refractivity contribution in [3.63, 3.8) is 0 Å². The Morgan fingerprint density at radius 2 is 2.04 bits per heavy atom. The van der Waals surface area contributed by atoms with Gasteiger partial charge >= 0.3 is 0 Å². The molecule has 0 spiro atoms. The van der Waals surface area contributed by atoms with Crippen LogP contribution in [0.4, 0.5) is 13.2 Å². The van der Waals surface area contributed by atoms with Crippen LogP contribution in [0.25, 0.3) is 5.70 Å². The number of aromatic nitrogens is 2. The molecular formula is C20H23ClF3N3. The second kappa shape index (κ2) is 7.58. The van der Waals surface area contributed by atoms with E-state index in [1.54, 1.807) is 0 Å². The van der Waals surface area contributed by atoms with Crippen molar-refractivity contribution in [1.82, 2.24) is 14.7 Å². The molecule has 1 saturated carbocycles. The van der Waals surface area contributed by atoms with E-state index in [2.05, 4.69) is 25.5 Å². The van der Waals surface area contributed by atoms with Crippen LogP contribution in [0, 0.1) is 5.95 Å². The molecule has 0 radical (unpaired) electrons. The predicted molar refractivity (Wildman–Crippen MR) is 101 cm³/mol. The first kappa shape index (κ1) is 19.8. The molecule has 0 bridgehead atoms. The molecule has 0 atom stereocenters. The summed E-state index contributed by atoms with van der Waals surface area (Å²) in [6.45, 7) is 8.57. The minimum Gasteiger partial charge on any atom is -0.364 e. The SMILES string of the molecule is C=C(c1c(C(F)F)nn(C)c1F)N(Cc1cc(Cl)ccc1C(C)C)C1CC1. The highest BCUT2D eigenvalue weighted by Gasteiger charge is 2.35. The summed E-state index contributed by atoms with van der Waals surface area (Å²) < 4.78 is 42.2. The van der Waals surface area contributed by atoms with Crippen molar-refractivity contribution < 1.29 is 13.2 Å². The maximum atomic E-state index is 14.5. The number of halogens is 4. The lowest BCUT2D eigenvalue weighted by Crippen LogP contribution is -2.25. The maximum Gasteiger partial charge on any atom is 0.282 e. The summed E-state index contributed by atoms with van der Waals surface area (Å²) in [5, 5.41) is 4.25. The lowest BCUT2D eigenvalue weighted by atomic mass is 9.96. The number of hydrogen-bond acceptors (Lipinski definition) is 2. The molecule has 1 fully saturated rings. The summed E-state index contributed by atoms with van der Waals surface area (Å²) in [5.41, 5.74) is 1.59. The van der Waals surface area contributed by atoms with Crippen LogP contribution < -0.4 is 0 Å². The van der Waals surface area contributed by atoms with Crippen molar-refractivity contribution in [2.75, 3.05) is 0 Å². The topological polar surface area (TPSA) is 21.1 Å². The molecule has 1 aliphatic carbocycles. The van der Waals surface area contributed by atoms with Gasteiger partial charge in [0.15, 0.2) is 0 Å². The monoisotopic (exact) mass is 397 g/mol. The molecular weight excluding hydrogens is 375 g/mol. The van der Waals surface area contributed by atoms with Crippen molar-refractivity contribution in [2.45, 2.75) is 51.6 Å². The fourth-order valence-electron chi connectivity index (χ4n) is 3.38. The third-order valence-electron chi connectivity index (χ3n) is 4.90. The summed E-state index contributed by atoms with van der Waals surface area (Å²) in [7, 11) is 1.31. The van der Waals surface area contributed by atoms with Gasteiger partial charge in [0, 0.05) is 30.4 Å². The van der Waals surface area contributed by atoms with Gasteiger partial charge in [-0.05, 0) is 42.0 Å². The highest BCUT2D eigenvalue weighted by Crippen LogP contribution is 2.39. The van der Waals surface area contributed by atoms with Gasteiger partial charge in [0.2, 0.25) is 5.95 Å². The van der Waals surface area contributed by atoms with Gasteiger partial charge in [0.25, 0.3) is 6.43 Å². The van der Waals surface area contributed by atoms with Crippen LogP contribution in [0.15, 0.2) is 24.8 Å². The summed E-state index contributed by atoms with van der Waals surface area (Å²) in [6.07, 6.45) is -1.03. The van der Waals surface area contributed by atoms with Crippen LogP contribution in [0.3, 0.4) is 0 Å². The van der Waals surface area contributed by atoms with E-state index in [1.807, 2.05) is 23.1 Å². The molecule has 0 unspecified atom stereocenters. The van der Waals surface area contributed by atoms with E-state index in [4.69, 9.17) is 11.6 Å². The third kappa shape index (κ3) is 4.00. The summed E-state index contributed by atoms with van der Waals surface area (Å²) >= 11 is 6.18. The number of benzene rings is 1. The van der Waals surface area contributed by atoms with Gasteiger partial charge in [0.05, 0.1) is 5.56 Å². The molecule has 0 N–H and O–H groups in total. The number of rotatable bonds is 7. The number of nitrogens with zero attached hydrogens (tertiary/aromatic N) is 3. The van der Waals surface area contributed by atoms with Gasteiger partial charge in [-0.3, -0.25) is 0 Å². The first-order chi connectivity index (χ1) is 12.7. The van der Waals surface area contributed by atoms with Crippen molar-refractivity contribution in [1.29, 1.82) is 0 Å². The van der Waals surface area contributed by atoms with E-state index in [1.165, 1.54) is 7.05 Å². The molecule has 1 aliphatic rings. The number of aryl methyl sites for hydroxylation is 1. The molecule has 0 amide bonds. The zero-order valence-electron chi connectivity index (χ0n) is 15.6. The van der Waals surface area contributed by atoms with Crippen LogP contribution >= 0.6 is 11.6 Å². The first-order valence-corrected chi connectivity index (χ1v) is 9.33. The quantitative estimate of drug-likeness (QED) is 0.579. The molecule has 2 aromatic rings. The van der Waals surface area contributed by atoms with Gasteiger partial charge in [0.1, 0.15) is 5.69 Å². The molecule has 1 aromatic carbocycles. The Balaban J connectivity index is 1.99. The molecule has 0 aliphatic heterocycles. The highest BCUT2D eigenvalue weighted by molar-refractivity contribution is 6.30. The fraction of sp³-hybridized carbons (Fsp3) is 0.450. The van der Waals surface area contributed by atoms with E-state index in [9.17, 15) is 13.2 Å². The number of hydrogen-bond donors (Lipinski definition) is 0. The van der Waals surface area contributed by atoms with Crippen molar-refractivity contribution in [2.24, 2.45) is 7.05 Å². The molecule has 27 heavy (non-hydrogen) atoms. The smallest absolute Gasteiger partial charge is 0.282 e. The summed E-state index contributed by atoms with van der Waals surface area (Å²) in [6, 6.07) is 5.85. The zero-order chi connectivity index (χ0) is 19.9. The highest BCUT2D eigenvalue weighted by atomic mass is 35.5. The normalized spacial score (nSPS) is 14.3. The molecule has 1 aromatic heterocycles. The fourth-order valence-corrected chi connectivity index (χ4v) is 3.57. The second-order valence-electron chi connectivity index (χ2n) is 7.28. The Hall–Kier alpha value is -1.95. The number of alkyl halides is 2. The van der Waals surface area contributed by atoms with E-state index in [0.29, 0.717) is 11.6 Å². The van der Waals surface area contributed by atoms with Crippen LogP contribution in [0.5, 0.6) is 0 Å². The van der Waals surface area contributed by atoms with E-state index < -0.39 is 18.1 Å². The Kier molecular flexibility index (Phi) is 5.56. The maximum absolute atomic E-state index is 14.5. The Morgan fingerprint density at radius 3 is 2.59 bits per heavy atom. The Labute approximate surface area is 162 Å². The van der Waals surface area contributed by atoms with Gasteiger partial charge in [-0.1, -0.05) is 38.1 Å². The van der Waals surface area contributed by atoms with E-state index in [-0.39, 0.29) is 23.2 Å². The van der Waals surface area contributed by atoms with Crippen molar-refractivity contribution >= 4 is 17.3 Å². The summed E-state index contributed by atoms with van der Waals surface area (Å²) in [4.78, 5) is 1.91. The largest absolute Gasteiger partial charge is 0.364 e. The molecule has 146 valence electrons.